The molecule has 0 saturated carbocycles. The number of carbonyl (C=O) groups excluding carboxylic acids is 2. The van der Waals surface area contributed by atoms with Crippen molar-refractivity contribution in [3.8, 4) is 17.2 Å². The van der Waals surface area contributed by atoms with E-state index in [9.17, 15) is 36.8 Å². The van der Waals surface area contributed by atoms with Crippen LogP contribution in [0.3, 0.4) is 0 Å². The van der Waals surface area contributed by atoms with Crippen molar-refractivity contribution in [3.63, 3.8) is 0 Å². The third-order valence-corrected chi connectivity index (χ3v) is 9.20. The van der Waals surface area contributed by atoms with Crippen LogP contribution in [-0.4, -0.2) is 26.4 Å². The van der Waals surface area contributed by atoms with Crippen LogP contribution in [0.25, 0.3) is 16.8 Å². The predicted octanol–water partition coefficient (Wildman–Crippen LogP) is 6.55. The molecule has 2 N–H and O–H groups in total. The Balaban J connectivity index is 1.55. The Morgan fingerprint density at radius 1 is 1.02 bits per heavy atom. The molecule has 5 aromatic rings. The van der Waals surface area contributed by atoms with Gasteiger partial charge in [-0.1, -0.05) is 11.6 Å². The molecule has 15 heteroatoms. The maximum absolute atomic E-state index is 14.2. The Kier molecular flexibility index (Phi) is 6.79. The zero-order chi connectivity index (χ0) is 30.6. The first-order valence-electron chi connectivity index (χ1n) is 12.1. The molecule has 0 fully saturated rings. The Morgan fingerprint density at radius 2 is 1.81 bits per heavy atom. The first kappa shape index (κ1) is 28.1. The zero-order valence-electron chi connectivity index (χ0n) is 21.2. The summed E-state index contributed by atoms with van der Waals surface area (Å²) in [5.41, 5.74) is -1.07. The second-order valence-corrected chi connectivity index (χ2v) is 11.4. The zero-order valence-corrected chi connectivity index (χ0v) is 22.8. The van der Waals surface area contributed by atoms with Gasteiger partial charge < -0.3 is 10.0 Å². The lowest BCUT2D eigenvalue weighted by molar-refractivity contribution is -0.137. The van der Waals surface area contributed by atoms with Gasteiger partial charge in [-0.15, -0.1) is 11.1 Å². The van der Waals surface area contributed by atoms with Crippen molar-refractivity contribution in [1.29, 1.82) is 5.26 Å². The Bertz CT molecular complexity index is 2040. The van der Waals surface area contributed by atoms with Crippen molar-refractivity contribution >= 4 is 45.8 Å². The molecule has 2 amide bonds. The highest BCUT2D eigenvalue weighted by Gasteiger charge is 2.35. The number of anilines is 1. The summed E-state index contributed by atoms with van der Waals surface area (Å²) >= 11 is 4.41. The topological polar surface area (TPSA) is 112 Å². The highest BCUT2D eigenvalue weighted by atomic mass is 35.5. The minimum Gasteiger partial charge on any atom is -0.321 e. The average Bonchev–Trinajstić information content (AvgIpc) is 3.57. The van der Waals surface area contributed by atoms with Crippen LogP contribution in [0, 0.1) is 23.0 Å². The molecule has 0 spiro atoms. The maximum Gasteiger partial charge on any atom is 0.416 e. The highest BCUT2D eigenvalue weighted by Crippen LogP contribution is 2.54. The van der Waals surface area contributed by atoms with E-state index in [1.165, 1.54) is 29.0 Å². The van der Waals surface area contributed by atoms with Crippen molar-refractivity contribution in [2.75, 3.05) is 5.32 Å². The molecule has 6 rings (SSSR count). The summed E-state index contributed by atoms with van der Waals surface area (Å²) in [6.07, 6.45) is -3.68. The number of fused-ring (bicyclic) bond motifs is 2. The van der Waals surface area contributed by atoms with Crippen molar-refractivity contribution < 1.29 is 31.5 Å². The van der Waals surface area contributed by atoms with E-state index in [0.717, 1.165) is 12.1 Å². The Hall–Kier alpha value is -5.00. The second-order valence-electron chi connectivity index (χ2n) is 9.21. The van der Waals surface area contributed by atoms with Crippen molar-refractivity contribution in [1.82, 2.24) is 19.3 Å². The monoisotopic (exact) mass is 628 g/mol. The van der Waals surface area contributed by atoms with E-state index in [4.69, 9.17) is 11.6 Å². The molecular weight excluding hydrogens is 615 g/mol. The minimum atomic E-state index is -4.93. The lowest BCUT2D eigenvalue weighted by atomic mass is 10.00. The third kappa shape index (κ3) is 5.02. The molecular formula is C28H14ClF5N6O2S. The number of nitrogens with one attached hydrogen (secondary N) is 2. The first-order chi connectivity index (χ1) is 20.4. The molecule has 43 heavy (non-hydrogen) atoms. The number of hydrogen-bond acceptors (Lipinski definition) is 5. The average molecular weight is 629 g/mol. The maximum atomic E-state index is 14.2. The van der Waals surface area contributed by atoms with E-state index in [1.807, 2.05) is 6.07 Å². The largest absolute Gasteiger partial charge is 0.416 e. The number of thiol groups is 1. The van der Waals surface area contributed by atoms with Crippen molar-refractivity contribution in [2.24, 2.45) is 0 Å². The second kappa shape index (κ2) is 10.4. The molecule has 3 aromatic carbocycles. The van der Waals surface area contributed by atoms with E-state index in [2.05, 4.69) is 20.1 Å². The number of carbonyl (C=O) groups is 2. The van der Waals surface area contributed by atoms with Crippen LogP contribution in [-0.2, 0) is 6.18 Å². The molecule has 0 aliphatic carbocycles. The number of alkyl halides is 3. The number of benzene rings is 3. The van der Waals surface area contributed by atoms with Gasteiger partial charge in [0, 0.05) is 20.9 Å². The molecule has 1 aliphatic heterocycles. The van der Waals surface area contributed by atoms with Gasteiger partial charge in [0.25, 0.3) is 11.8 Å². The van der Waals surface area contributed by atoms with Crippen LogP contribution in [0.15, 0.2) is 76.8 Å². The molecule has 3 heterocycles. The van der Waals surface area contributed by atoms with Crippen LogP contribution in [0.1, 0.15) is 32.0 Å². The molecule has 1 aliphatic rings. The highest BCUT2D eigenvalue weighted by molar-refractivity contribution is 8.16. The van der Waals surface area contributed by atoms with E-state index < -0.39 is 51.8 Å². The lowest BCUT2D eigenvalue weighted by Crippen LogP contribution is -2.16. The van der Waals surface area contributed by atoms with Gasteiger partial charge in [0.15, 0.2) is 11.3 Å². The SMILES string of the molecule is N#Cc1c(-c2cc(NC(=O)c3cc(F)cc(C(F)(F)F)c3)c3c(c2)C(=O)N[SH]3c2cc(F)ccc2Cl)ccc2ncnn12. The molecule has 1 unspecified atom stereocenters. The van der Waals surface area contributed by atoms with Gasteiger partial charge in [-0.2, -0.15) is 23.5 Å². The molecule has 8 nitrogen and oxygen atoms in total. The summed E-state index contributed by atoms with van der Waals surface area (Å²) in [6, 6.07) is 12.9. The lowest BCUT2D eigenvalue weighted by Gasteiger charge is -2.22. The van der Waals surface area contributed by atoms with Crippen LogP contribution >= 0.6 is 22.7 Å². The van der Waals surface area contributed by atoms with Crippen LogP contribution in [0.2, 0.25) is 5.02 Å². The fraction of sp³-hybridized carbons (Fsp3) is 0.0357. The summed E-state index contributed by atoms with van der Waals surface area (Å²) < 4.78 is 72.4. The van der Waals surface area contributed by atoms with E-state index >= 15 is 0 Å². The fourth-order valence-corrected chi connectivity index (χ4v) is 7.14. The van der Waals surface area contributed by atoms with Crippen molar-refractivity contribution in [3.05, 3.63) is 106 Å². The van der Waals surface area contributed by atoms with Crippen LogP contribution in [0.5, 0.6) is 0 Å². The van der Waals surface area contributed by atoms with E-state index in [1.54, 1.807) is 12.1 Å². The number of nitrogens with zero attached hydrogens (tertiary/aromatic N) is 4. The quantitative estimate of drug-likeness (QED) is 0.154. The minimum absolute atomic E-state index is 0.0389. The van der Waals surface area contributed by atoms with E-state index in [-0.39, 0.29) is 49.0 Å². The number of aromatic nitrogens is 3. The van der Waals surface area contributed by atoms with Gasteiger partial charge in [-0.3, -0.25) is 9.59 Å². The molecule has 2 aromatic heterocycles. The van der Waals surface area contributed by atoms with Crippen LogP contribution in [0.4, 0.5) is 27.6 Å². The smallest absolute Gasteiger partial charge is 0.321 e. The molecule has 1 atom stereocenters. The van der Waals surface area contributed by atoms with E-state index in [0.29, 0.717) is 17.8 Å². The summed E-state index contributed by atoms with van der Waals surface area (Å²) in [4.78, 5) is 31.0. The number of pyridine rings is 1. The standard InChI is InChI=1S/C28H14ClF5N6O2S/c29-20-3-1-16(30)10-23(20)43-25-19(27(42)39-43)7-13(18-2-4-24-36-12-37-40(24)22(18)11-35)8-21(25)38-26(41)14-5-15(28(32,33)34)9-17(31)6-14/h1-10,12,43H,(H,38,41)(H,39,42). The Morgan fingerprint density at radius 3 is 2.56 bits per heavy atom. The van der Waals surface area contributed by atoms with Gasteiger partial charge in [-0.05, 0) is 66.2 Å². The Labute approximate surface area is 246 Å². The van der Waals surface area contributed by atoms with Gasteiger partial charge in [0.1, 0.15) is 24.0 Å². The van der Waals surface area contributed by atoms with Gasteiger partial charge in [-0.25, -0.2) is 18.3 Å². The number of amides is 2. The predicted molar refractivity (Wildman–Crippen MR) is 147 cm³/mol. The molecule has 0 radical (unpaired) electrons. The van der Waals surface area contributed by atoms with Gasteiger partial charge >= 0.3 is 6.18 Å². The summed E-state index contributed by atoms with van der Waals surface area (Å²) in [6.45, 7) is 0. The van der Waals surface area contributed by atoms with Gasteiger partial charge in [0.05, 0.1) is 21.8 Å². The van der Waals surface area contributed by atoms with Crippen LogP contribution < -0.4 is 10.0 Å². The third-order valence-electron chi connectivity index (χ3n) is 6.53. The van der Waals surface area contributed by atoms with Gasteiger partial charge in [0.2, 0.25) is 0 Å². The summed E-state index contributed by atoms with van der Waals surface area (Å²) in [5, 5.41) is 16.6. The number of halogens is 6. The summed E-state index contributed by atoms with van der Waals surface area (Å²) in [7, 11) is 0. The summed E-state index contributed by atoms with van der Waals surface area (Å²) in [5.74, 6) is -3.66. The molecule has 216 valence electrons. The fourth-order valence-electron chi connectivity index (χ4n) is 4.66. The number of nitriles is 1. The molecule has 0 bridgehead atoms. The number of rotatable bonds is 4. The molecule has 0 saturated heterocycles. The number of hydrogen-bond donors (Lipinski definition) is 3. The normalized spacial score (nSPS) is 15.2. The first-order valence-corrected chi connectivity index (χ1v) is 13.8. The van der Waals surface area contributed by atoms with Crippen molar-refractivity contribution in [2.45, 2.75) is 16.0 Å².